The summed E-state index contributed by atoms with van der Waals surface area (Å²) in [5.41, 5.74) is 8.92. The van der Waals surface area contributed by atoms with Crippen LogP contribution < -0.4 is 10.9 Å². The standard InChI is InChI=1S/C19H26N4OS/c1-11-8-12(2)21-18(20-11)23-22-17(24)16-10-13-9-14(19(3,4)5)6-7-15(13)25-16/h8,10,14H,6-7,9H2,1-5H3,(H,22,24)(H,20,21,23). The SMILES string of the molecule is Cc1cc(C)nc(NNC(=O)c2cc3c(s2)CCC(C(C)(C)C)C3)n1. The maximum Gasteiger partial charge on any atom is 0.279 e. The van der Waals surface area contributed by atoms with Gasteiger partial charge in [-0.05, 0) is 62.1 Å². The Bertz CT molecular complexity index is 771. The molecule has 5 nitrogen and oxygen atoms in total. The van der Waals surface area contributed by atoms with E-state index in [2.05, 4.69) is 47.7 Å². The van der Waals surface area contributed by atoms with Crippen LogP contribution in [0.25, 0.3) is 0 Å². The number of fused-ring (bicyclic) bond motifs is 1. The van der Waals surface area contributed by atoms with Crippen LogP contribution >= 0.6 is 11.3 Å². The molecule has 2 aromatic heterocycles. The van der Waals surface area contributed by atoms with Crippen molar-refractivity contribution in [3.63, 3.8) is 0 Å². The van der Waals surface area contributed by atoms with Crippen LogP contribution in [0.2, 0.25) is 0 Å². The van der Waals surface area contributed by atoms with Gasteiger partial charge < -0.3 is 0 Å². The highest BCUT2D eigenvalue weighted by molar-refractivity contribution is 7.14. The molecule has 6 heteroatoms. The number of amides is 1. The van der Waals surface area contributed by atoms with Gasteiger partial charge in [-0.3, -0.25) is 15.6 Å². The molecule has 0 fully saturated rings. The lowest BCUT2D eigenvalue weighted by Crippen LogP contribution is -2.30. The Kier molecular flexibility index (Phi) is 4.82. The predicted octanol–water partition coefficient (Wildman–Crippen LogP) is 4.06. The average molecular weight is 359 g/mol. The molecule has 1 aliphatic rings. The minimum atomic E-state index is -0.130. The van der Waals surface area contributed by atoms with E-state index in [1.807, 2.05) is 19.9 Å². The summed E-state index contributed by atoms with van der Waals surface area (Å²) in [5.74, 6) is 0.960. The molecule has 0 saturated carbocycles. The fraction of sp³-hybridized carbons (Fsp3) is 0.526. The Labute approximate surface area is 153 Å². The molecule has 1 amide bonds. The summed E-state index contributed by atoms with van der Waals surface area (Å²) in [4.78, 5) is 23.1. The number of anilines is 1. The molecule has 1 aliphatic carbocycles. The summed E-state index contributed by atoms with van der Waals surface area (Å²) in [6.45, 7) is 10.7. The van der Waals surface area contributed by atoms with Crippen LogP contribution in [0.5, 0.6) is 0 Å². The van der Waals surface area contributed by atoms with Gasteiger partial charge in [-0.2, -0.15) is 0 Å². The Morgan fingerprint density at radius 3 is 2.52 bits per heavy atom. The number of nitrogens with one attached hydrogen (secondary N) is 2. The number of nitrogens with zero attached hydrogens (tertiary/aromatic N) is 2. The highest BCUT2D eigenvalue weighted by atomic mass is 32.1. The van der Waals surface area contributed by atoms with Crippen LogP contribution in [0.3, 0.4) is 0 Å². The summed E-state index contributed by atoms with van der Waals surface area (Å²) in [6.07, 6.45) is 3.34. The van der Waals surface area contributed by atoms with Gasteiger partial charge in [-0.1, -0.05) is 20.8 Å². The quantitative estimate of drug-likeness (QED) is 0.812. The second-order valence-electron chi connectivity index (χ2n) is 7.92. The van der Waals surface area contributed by atoms with E-state index in [-0.39, 0.29) is 5.91 Å². The molecular formula is C19H26N4OS. The maximum atomic E-state index is 12.5. The van der Waals surface area contributed by atoms with E-state index in [0.717, 1.165) is 29.1 Å². The van der Waals surface area contributed by atoms with Crippen LogP contribution in [0.1, 0.15) is 58.7 Å². The smallest absolute Gasteiger partial charge is 0.266 e. The third kappa shape index (κ3) is 4.18. The van der Waals surface area contributed by atoms with E-state index in [4.69, 9.17) is 0 Å². The molecule has 1 atom stereocenters. The Morgan fingerprint density at radius 2 is 1.88 bits per heavy atom. The van der Waals surface area contributed by atoms with Gasteiger partial charge in [0.1, 0.15) is 0 Å². The molecule has 134 valence electrons. The van der Waals surface area contributed by atoms with E-state index in [0.29, 0.717) is 17.3 Å². The Hall–Kier alpha value is -1.95. The lowest BCUT2D eigenvalue weighted by atomic mass is 9.72. The lowest BCUT2D eigenvalue weighted by Gasteiger charge is -2.33. The molecular weight excluding hydrogens is 332 g/mol. The van der Waals surface area contributed by atoms with Gasteiger partial charge in [0.15, 0.2) is 0 Å². The number of carbonyl (C=O) groups is 1. The molecule has 2 heterocycles. The van der Waals surface area contributed by atoms with Crippen LogP contribution in [0, 0.1) is 25.2 Å². The number of thiophene rings is 1. The number of hydrogen-bond acceptors (Lipinski definition) is 5. The number of carbonyl (C=O) groups excluding carboxylic acids is 1. The monoisotopic (exact) mass is 358 g/mol. The molecule has 3 rings (SSSR count). The summed E-state index contributed by atoms with van der Waals surface area (Å²) in [5, 5.41) is 0. The van der Waals surface area contributed by atoms with E-state index in [9.17, 15) is 4.79 Å². The van der Waals surface area contributed by atoms with Crippen molar-refractivity contribution in [2.45, 2.75) is 53.9 Å². The van der Waals surface area contributed by atoms with Crippen LogP contribution in [0.4, 0.5) is 5.95 Å². The zero-order chi connectivity index (χ0) is 18.2. The molecule has 0 aromatic carbocycles. The predicted molar refractivity (Wildman–Crippen MR) is 102 cm³/mol. The van der Waals surface area contributed by atoms with Gasteiger partial charge in [-0.15, -0.1) is 11.3 Å². The molecule has 0 aliphatic heterocycles. The van der Waals surface area contributed by atoms with Crippen molar-refractivity contribution in [1.82, 2.24) is 15.4 Å². The Morgan fingerprint density at radius 1 is 1.20 bits per heavy atom. The first kappa shape index (κ1) is 17.9. The zero-order valence-electron chi connectivity index (χ0n) is 15.6. The summed E-state index contributed by atoms with van der Waals surface area (Å²) >= 11 is 1.60. The molecule has 2 aromatic rings. The number of hydrazine groups is 1. The fourth-order valence-corrected chi connectivity index (χ4v) is 4.43. The normalized spacial score (nSPS) is 17.1. The number of aryl methyl sites for hydroxylation is 3. The first-order chi connectivity index (χ1) is 11.7. The fourth-order valence-electron chi connectivity index (χ4n) is 3.33. The summed E-state index contributed by atoms with van der Waals surface area (Å²) in [7, 11) is 0. The van der Waals surface area contributed by atoms with Crippen molar-refractivity contribution < 1.29 is 4.79 Å². The Balaban J connectivity index is 1.67. The molecule has 0 bridgehead atoms. The molecule has 0 spiro atoms. The van der Waals surface area contributed by atoms with Gasteiger partial charge in [0, 0.05) is 16.3 Å². The largest absolute Gasteiger partial charge is 0.279 e. The van der Waals surface area contributed by atoms with Crippen molar-refractivity contribution >= 4 is 23.2 Å². The highest BCUT2D eigenvalue weighted by Gasteiger charge is 2.30. The third-order valence-electron chi connectivity index (χ3n) is 4.80. The van der Waals surface area contributed by atoms with Crippen LogP contribution in [-0.4, -0.2) is 15.9 Å². The van der Waals surface area contributed by atoms with Crippen LogP contribution in [0.15, 0.2) is 12.1 Å². The lowest BCUT2D eigenvalue weighted by molar-refractivity contribution is 0.0966. The molecule has 2 N–H and O–H groups in total. The maximum absolute atomic E-state index is 12.5. The van der Waals surface area contributed by atoms with Gasteiger partial charge in [-0.25, -0.2) is 9.97 Å². The van der Waals surface area contributed by atoms with Crippen molar-refractivity contribution in [1.29, 1.82) is 0 Å². The first-order valence-electron chi connectivity index (χ1n) is 8.72. The number of aromatic nitrogens is 2. The minimum Gasteiger partial charge on any atom is -0.266 e. The van der Waals surface area contributed by atoms with Gasteiger partial charge in [0.25, 0.3) is 5.91 Å². The average Bonchev–Trinajstić information content (AvgIpc) is 2.94. The van der Waals surface area contributed by atoms with Gasteiger partial charge in [0.2, 0.25) is 5.95 Å². The van der Waals surface area contributed by atoms with Crippen LogP contribution in [-0.2, 0) is 12.8 Å². The highest BCUT2D eigenvalue weighted by Crippen LogP contribution is 2.40. The molecule has 25 heavy (non-hydrogen) atoms. The first-order valence-corrected chi connectivity index (χ1v) is 9.54. The van der Waals surface area contributed by atoms with Gasteiger partial charge in [0.05, 0.1) is 4.88 Å². The number of hydrogen-bond donors (Lipinski definition) is 2. The van der Waals surface area contributed by atoms with E-state index in [1.54, 1.807) is 11.3 Å². The molecule has 0 radical (unpaired) electrons. The second kappa shape index (κ2) is 6.75. The van der Waals surface area contributed by atoms with Crippen molar-refractivity contribution in [2.24, 2.45) is 11.3 Å². The van der Waals surface area contributed by atoms with Gasteiger partial charge >= 0.3 is 0 Å². The molecule has 1 unspecified atom stereocenters. The van der Waals surface area contributed by atoms with E-state index in [1.165, 1.54) is 16.9 Å². The van der Waals surface area contributed by atoms with Crippen molar-refractivity contribution in [3.05, 3.63) is 38.8 Å². The zero-order valence-corrected chi connectivity index (χ0v) is 16.4. The summed E-state index contributed by atoms with van der Waals surface area (Å²) in [6, 6.07) is 3.95. The topological polar surface area (TPSA) is 66.9 Å². The minimum absolute atomic E-state index is 0.130. The summed E-state index contributed by atoms with van der Waals surface area (Å²) < 4.78 is 0. The van der Waals surface area contributed by atoms with Crippen molar-refractivity contribution in [3.8, 4) is 0 Å². The van der Waals surface area contributed by atoms with Crippen molar-refractivity contribution in [2.75, 3.05) is 5.43 Å². The second-order valence-corrected chi connectivity index (χ2v) is 9.06. The van der Waals surface area contributed by atoms with E-state index < -0.39 is 0 Å². The third-order valence-corrected chi connectivity index (χ3v) is 6.04. The number of rotatable bonds is 3. The van der Waals surface area contributed by atoms with E-state index >= 15 is 0 Å². The molecule has 0 saturated heterocycles.